The van der Waals surface area contributed by atoms with Crippen molar-refractivity contribution in [3.63, 3.8) is 0 Å². The minimum absolute atomic E-state index is 0.103. The maximum atomic E-state index is 12.3. The molecule has 6 heteroatoms. The summed E-state index contributed by atoms with van der Waals surface area (Å²) in [6.45, 7) is 7.21. The molecule has 0 aromatic heterocycles. The summed E-state index contributed by atoms with van der Waals surface area (Å²) in [6, 6.07) is 17.1. The number of carbonyl (C=O) groups is 2. The van der Waals surface area contributed by atoms with Crippen LogP contribution in [-0.4, -0.2) is 18.4 Å². The van der Waals surface area contributed by atoms with Gasteiger partial charge < -0.3 is 15.4 Å². The Hall–Kier alpha value is -3.33. The van der Waals surface area contributed by atoms with Gasteiger partial charge in [0.1, 0.15) is 12.2 Å². The molecule has 30 heavy (non-hydrogen) atoms. The third-order valence-corrected chi connectivity index (χ3v) is 4.54. The average Bonchev–Trinajstić information content (AvgIpc) is 2.70. The molecule has 2 rings (SSSR count). The fourth-order valence-electron chi connectivity index (χ4n) is 2.81. The van der Waals surface area contributed by atoms with E-state index in [1.165, 1.54) is 5.56 Å². The lowest BCUT2D eigenvalue weighted by Gasteiger charge is -2.19. The first-order chi connectivity index (χ1) is 14.3. The number of nitriles is 1. The predicted molar refractivity (Wildman–Crippen MR) is 117 cm³/mol. The third kappa shape index (κ3) is 7.59. The number of benzene rings is 2. The highest BCUT2D eigenvalue weighted by molar-refractivity contribution is 5.91. The highest BCUT2D eigenvalue weighted by Gasteiger charge is 2.13. The summed E-state index contributed by atoms with van der Waals surface area (Å²) in [5, 5.41) is 14.1. The first-order valence-corrected chi connectivity index (χ1v) is 10.0. The summed E-state index contributed by atoms with van der Waals surface area (Å²) < 4.78 is 5.73. The number of amides is 2. The normalized spacial score (nSPS) is 10.7. The molecular weight excluding hydrogens is 378 g/mol. The molecular formula is C24H29N3O3. The summed E-state index contributed by atoms with van der Waals surface area (Å²) in [5.74, 6) is 0.339. The van der Waals surface area contributed by atoms with Crippen LogP contribution in [0.15, 0.2) is 48.5 Å². The number of carbonyl (C=O) groups excluding carboxylic acids is 2. The number of nitrogens with one attached hydrogen (secondary N) is 2. The number of hydrogen-bond donors (Lipinski definition) is 2. The summed E-state index contributed by atoms with van der Waals surface area (Å²) in [5.41, 5.74) is 2.79. The van der Waals surface area contributed by atoms with Gasteiger partial charge in [-0.3, -0.25) is 9.59 Å². The molecule has 0 radical (unpaired) electrons. The number of rotatable bonds is 9. The van der Waals surface area contributed by atoms with Gasteiger partial charge in [-0.1, -0.05) is 51.1 Å². The summed E-state index contributed by atoms with van der Waals surface area (Å²) >= 11 is 0. The summed E-state index contributed by atoms with van der Waals surface area (Å²) in [7, 11) is 0. The van der Waals surface area contributed by atoms with Crippen molar-refractivity contribution in [3.8, 4) is 11.8 Å². The van der Waals surface area contributed by atoms with Crippen molar-refractivity contribution >= 4 is 17.5 Å². The lowest BCUT2D eigenvalue weighted by Crippen LogP contribution is -2.23. The molecule has 0 heterocycles. The second-order valence-corrected chi connectivity index (χ2v) is 8.04. The van der Waals surface area contributed by atoms with Gasteiger partial charge in [0.15, 0.2) is 0 Å². The first kappa shape index (κ1) is 23.0. The van der Waals surface area contributed by atoms with Gasteiger partial charge in [-0.25, -0.2) is 0 Å². The molecule has 2 amide bonds. The number of hydrogen-bond acceptors (Lipinski definition) is 4. The van der Waals surface area contributed by atoms with Crippen LogP contribution in [0, 0.1) is 11.3 Å². The van der Waals surface area contributed by atoms with Crippen molar-refractivity contribution in [1.29, 1.82) is 5.26 Å². The Bertz CT molecular complexity index is 893. The Morgan fingerprint density at radius 2 is 1.73 bits per heavy atom. The Balaban J connectivity index is 1.77. The number of anilines is 1. The Kier molecular flexibility index (Phi) is 8.42. The highest BCUT2D eigenvalue weighted by atomic mass is 16.5. The zero-order valence-corrected chi connectivity index (χ0v) is 17.8. The molecule has 0 spiro atoms. The standard InChI is InChI=1S/C24H29N3O3/c1-24(2,3)19-10-12-20(13-11-19)30-16-6-9-23(29)27-21-8-5-4-7-18(21)17-26-22(28)14-15-25/h4-5,7-8,10-13H,6,9,14,16-17H2,1-3H3,(H,26,28)(H,27,29). The molecule has 2 N–H and O–H groups in total. The van der Waals surface area contributed by atoms with E-state index in [0.717, 1.165) is 11.3 Å². The van der Waals surface area contributed by atoms with E-state index in [4.69, 9.17) is 10.00 Å². The molecule has 0 aliphatic heterocycles. The number of para-hydroxylation sites is 1. The number of ether oxygens (including phenoxy) is 1. The Labute approximate surface area is 178 Å². The predicted octanol–water partition coefficient (Wildman–Crippen LogP) is 4.31. The molecule has 2 aromatic rings. The van der Waals surface area contributed by atoms with Crippen LogP contribution in [-0.2, 0) is 21.5 Å². The van der Waals surface area contributed by atoms with E-state index in [2.05, 4.69) is 43.5 Å². The van der Waals surface area contributed by atoms with E-state index >= 15 is 0 Å². The average molecular weight is 408 g/mol. The van der Waals surface area contributed by atoms with E-state index in [-0.39, 0.29) is 30.2 Å². The minimum Gasteiger partial charge on any atom is -0.494 e. The summed E-state index contributed by atoms with van der Waals surface area (Å²) in [6.07, 6.45) is 0.733. The molecule has 0 unspecified atom stereocenters. The van der Waals surface area contributed by atoms with E-state index in [0.29, 0.717) is 25.1 Å². The smallest absolute Gasteiger partial charge is 0.234 e. The van der Waals surface area contributed by atoms with Gasteiger partial charge in [0.05, 0.1) is 12.7 Å². The van der Waals surface area contributed by atoms with Crippen LogP contribution < -0.4 is 15.4 Å². The van der Waals surface area contributed by atoms with Crippen molar-refractivity contribution in [2.24, 2.45) is 0 Å². The van der Waals surface area contributed by atoms with Gasteiger partial charge in [0.2, 0.25) is 11.8 Å². The SMILES string of the molecule is CC(C)(C)c1ccc(OCCCC(=O)Nc2ccccc2CNC(=O)CC#N)cc1. The zero-order valence-electron chi connectivity index (χ0n) is 17.8. The fourth-order valence-corrected chi connectivity index (χ4v) is 2.81. The van der Waals surface area contributed by atoms with Gasteiger partial charge in [-0.05, 0) is 41.2 Å². The van der Waals surface area contributed by atoms with Crippen molar-refractivity contribution < 1.29 is 14.3 Å². The lowest BCUT2D eigenvalue weighted by molar-refractivity contribution is -0.120. The van der Waals surface area contributed by atoms with E-state index in [1.54, 1.807) is 12.1 Å². The van der Waals surface area contributed by atoms with Crippen molar-refractivity contribution in [3.05, 3.63) is 59.7 Å². The molecule has 2 aromatic carbocycles. The van der Waals surface area contributed by atoms with Crippen LogP contribution >= 0.6 is 0 Å². The molecule has 0 atom stereocenters. The highest BCUT2D eigenvalue weighted by Crippen LogP contribution is 2.24. The second kappa shape index (κ2) is 11.0. The molecule has 0 aliphatic rings. The second-order valence-electron chi connectivity index (χ2n) is 8.04. The molecule has 0 aliphatic carbocycles. The van der Waals surface area contributed by atoms with Crippen molar-refractivity contribution in [1.82, 2.24) is 5.32 Å². The molecule has 158 valence electrons. The molecule has 6 nitrogen and oxygen atoms in total. The summed E-state index contributed by atoms with van der Waals surface area (Å²) in [4.78, 5) is 23.7. The lowest BCUT2D eigenvalue weighted by atomic mass is 9.87. The van der Waals surface area contributed by atoms with Crippen LogP contribution in [0.2, 0.25) is 0 Å². The van der Waals surface area contributed by atoms with Gasteiger partial charge in [0.25, 0.3) is 0 Å². The maximum Gasteiger partial charge on any atom is 0.234 e. The van der Waals surface area contributed by atoms with Crippen LogP contribution in [0.3, 0.4) is 0 Å². The van der Waals surface area contributed by atoms with Gasteiger partial charge >= 0.3 is 0 Å². The van der Waals surface area contributed by atoms with E-state index < -0.39 is 0 Å². The molecule has 0 bridgehead atoms. The zero-order chi connectivity index (χ0) is 22.0. The van der Waals surface area contributed by atoms with Crippen LogP contribution in [0.4, 0.5) is 5.69 Å². The van der Waals surface area contributed by atoms with E-state index in [1.807, 2.05) is 30.3 Å². The largest absolute Gasteiger partial charge is 0.494 e. The Morgan fingerprint density at radius 3 is 2.40 bits per heavy atom. The van der Waals surface area contributed by atoms with Gasteiger partial charge in [-0.2, -0.15) is 5.26 Å². The molecule has 0 saturated heterocycles. The Morgan fingerprint density at radius 1 is 1.03 bits per heavy atom. The molecule has 0 saturated carbocycles. The first-order valence-electron chi connectivity index (χ1n) is 10.0. The topological polar surface area (TPSA) is 91.2 Å². The van der Waals surface area contributed by atoms with Crippen molar-refractivity contribution in [2.45, 2.75) is 52.0 Å². The monoisotopic (exact) mass is 407 g/mol. The quantitative estimate of drug-likeness (QED) is 0.606. The van der Waals surface area contributed by atoms with Gasteiger partial charge in [0, 0.05) is 18.7 Å². The van der Waals surface area contributed by atoms with Crippen LogP contribution in [0.5, 0.6) is 5.75 Å². The van der Waals surface area contributed by atoms with E-state index in [9.17, 15) is 9.59 Å². The number of nitrogens with zero attached hydrogens (tertiary/aromatic N) is 1. The minimum atomic E-state index is -0.341. The van der Waals surface area contributed by atoms with Gasteiger partial charge in [-0.15, -0.1) is 0 Å². The van der Waals surface area contributed by atoms with Crippen LogP contribution in [0.1, 0.15) is 51.2 Å². The molecule has 0 fully saturated rings. The maximum absolute atomic E-state index is 12.3. The fraction of sp³-hybridized carbons (Fsp3) is 0.375. The van der Waals surface area contributed by atoms with Crippen LogP contribution in [0.25, 0.3) is 0 Å². The third-order valence-electron chi connectivity index (χ3n) is 4.54. The van der Waals surface area contributed by atoms with Crippen molar-refractivity contribution in [2.75, 3.05) is 11.9 Å².